The molecule has 0 aliphatic heterocycles. The summed E-state index contributed by atoms with van der Waals surface area (Å²) in [7, 11) is 0. The standard InChI is InChI=1S/C11H10N4O2S/c1-7(9-3-2-6-18-9)12-15-11(17)8-4-5-10(16)14-13-8/h2-6H,1H3,(H,14,16)(H,15,17). The number of hydrogen-bond acceptors (Lipinski definition) is 5. The molecule has 2 rings (SSSR count). The van der Waals surface area contributed by atoms with Gasteiger partial charge in [0.15, 0.2) is 5.69 Å². The Balaban J connectivity index is 2.06. The van der Waals surface area contributed by atoms with E-state index in [9.17, 15) is 9.59 Å². The van der Waals surface area contributed by atoms with E-state index in [2.05, 4.69) is 20.7 Å². The van der Waals surface area contributed by atoms with Crippen LogP contribution in [0, 0.1) is 0 Å². The molecule has 2 N–H and O–H groups in total. The van der Waals surface area contributed by atoms with Crippen LogP contribution >= 0.6 is 11.3 Å². The highest BCUT2D eigenvalue weighted by Crippen LogP contribution is 2.09. The van der Waals surface area contributed by atoms with Gasteiger partial charge in [-0.15, -0.1) is 11.3 Å². The molecule has 2 heterocycles. The Labute approximate surface area is 106 Å². The van der Waals surface area contributed by atoms with E-state index in [1.165, 1.54) is 23.5 Å². The predicted octanol–water partition coefficient (Wildman–Crippen LogP) is 0.985. The van der Waals surface area contributed by atoms with E-state index >= 15 is 0 Å². The second kappa shape index (κ2) is 5.37. The van der Waals surface area contributed by atoms with Crippen molar-refractivity contribution in [2.75, 3.05) is 0 Å². The van der Waals surface area contributed by atoms with Crippen LogP contribution in [-0.2, 0) is 0 Å². The van der Waals surface area contributed by atoms with E-state index in [-0.39, 0.29) is 11.3 Å². The number of hydrogen-bond donors (Lipinski definition) is 2. The van der Waals surface area contributed by atoms with Crippen molar-refractivity contribution in [1.29, 1.82) is 0 Å². The van der Waals surface area contributed by atoms with E-state index < -0.39 is 5.91 Å². The number of thiophene rings is 1. The molecule has 0 saturated heterocycles. The first-order valence-corrected chi connectivity index (χ1v) is 5.99. The maximum atomic E-state index is 11.6. The fourth-order valence-corrected chi connectivity index (χ4v) is 1.88. The number of rotatable bonds is 3. The molecule has 0 aliphatic rings. The molecule has 7 heteroatoms. The zero-order chi connectivity index (χ0) is 13.0. The van der Waals surface area contributed by atoms with Crippen LogP contribution in [0.25, 0.3) is 0 Å². The van der Waals surface area contributed by atoms with Gasteiger partial charge in [-0.3, -0.25) is 9.59 Å². The minimum atomic E-state index is -0.470. The fourth-order valence-electron chi connectivity index (χ4n) is 1.20. The van der Waals surface area contributed by atoms with Gasteiger partial charge in [0.1, 0.15) is 0 Å². The van der Waals surface area contributed by atoms with Crippen LogP contribution in [0.3, 0.4) is 0 Å². The van der Waals surface area contributed by atoms with Crippen molar-refractivity contribution in [1.82, 2.24) is 15.6 Å². The summed E-state index contributed by atoms with van der Waals surface area (Å²) in [6.45, 7) is 1.80. The molecular weight excluding hydrogens is 252 g/mol. The largest absolute Gasteiger partial charge is 0.291 e. The zero-order valence-corrected chi connectivity index (χ0v) is 10.3. The maximum Gasteiger partial charge on any atom is 0.291 e. The van der Waals surface area contributed by atoms with Crippen LogP contribution < -0.4 is 11.0 Å². The first-order valence-electron chi connectivity index (χ1n) is 5.11. The minimum absolute atomic E-state index is 0.109. The lowest BCUT2D eigenvalue weighted by atomic mass is 10.3. The van der Waals surface area contributed by atoms with Gasteiger partial charge >= 0.3 is 0 Å². The van der Waals surface area contributed by atoms with E-state index in [1.54, 1.807) is 6.92 Å². The first-order chi connectivity index (χ1) is 8.66. The molecule has 92 valence electrons. The number of aromatic nitrogens is 2. The molecule has 2 aromatic heterocycles. The molecule has 2 aromatic rings. The number of carbonyl (C=O) groups excluding carboxylic acids is 1. The number of nitrogens with one attached hydrogen (secondary N) is 2. The molecule has 0 unspecified atom stereocenters. The van der Waals surface area contributed by atoms with Crippen molar-refractivity contribution in [3.63, 3.8) is 0 Å². The van der Waals surface area contributed by atoms with Crippen LogP contribution in [-0.4, -0.2) is 21.8 Å². The summed E-state index contributed by atoms with van der Waals surface area (Å²) in [5.41, 5.74) is 2.84. The normalized spacial score (nSPS) is 11.3. The molecule has 0 aliphatic carbocycles. The third kappa shape index (κ3) is 2.89. The number of amides is 1. The van der Waals surface area contributed by atoms with Crippen molar-refractivity contribution < 1.29 is 4.79 Å². The fraction of sp³-hybridized carbons (Fsp3) is 0.0909. The topological polar surface area (TPSA) is 87.2 Å². The molecule has 18 heavy (non-hydrogen) atoms. The lowest BCUT2D eigenvalue weighted by Gasteiger charge is -1.99. The number of nitrogens with zero attached hydrogens (tertiary/aromatic N) is 2. The van der Waals surface area contributed by atoms with Gasteiger partial charge in [-0.2, -0.15) is 10.2 Å². The van der Waals surface area contributed by atoms with Crippen molar-refractivity contribution >= 4 is 23.0 Å². The lowest BCUT2D eigenvalue weighted by Crippen LogP contribution is -2.22. The first kappa shape index (κ1) is 12.2. The van der Waals surface area contributed by atoms with Crippen LogP contribution in [0.1, 0.15) is 22.3 Å². The molecular formula is C11H10N4O2S. The smallest absolute Gasteiger partial charge is 0.268 e. The summed E-state index contributed by atoms with van der Waals surface area (Å²) in [5, 5.41) is 11.7. The van der Waals surface area contributed by atoms with Crippen LogP contribution in [0.5, 0.6) is 0 Å². The summed E-state index contributed by atoms with van der Waals surface area (Å²) in [6.07, 6.45) is 0. The highest BCUT2D eigenvalue weighted by Gasteiger charge is 2.06. The Hall–Kier alpha value is -2.28. The van der Waals surface area contributed by atoms with Gasteiger partial charge in [-0.25, -0.2) is 10.5 Å². The number of carbonyl (C=O) groups is 1. The van der Waals surface area contributed by atoms with Crippen LogP contribution in [0.4, 0.5) is 0 Å². The highest BCUT2D eigenvalue weighted by molar-refractivity contribution is 7.12. The van der Waals surface area contributed by atoms with Crippen LogP contribution in [0.2, 0.25) is 0 Å². The Morgan fingerprint density at radius 2 is 2.28 bits per heavy atom. The SMILES string of the molecule is CC(=NNC(=O)c1ccc(=O)[nH]n1)c1cccs1. The van der Waals surface area contributed by atoms with E-state index in [4.69, 9.17) is 0 Å². The second-order valence-corrected chi connectivity index (χ2v) is 4.37. The molecule has 0 fully saturated rings. The molecule has 1 amide bonds. The summed E-state index contributed by atoms with van der Waals surface area (Å²) < 4.78 is 0. The third-order valence-corrected chi connectivity index (χ3v) is 3.09. The average Bonchev–Trinajstić information content (AvgIpc) is 2.90. The number of hydrazone groups is 1. The van der Waals surface area contributed by atoms with E-state index in [1.807, 2.05) is 17.5 Å². The Morgan fingerprint density at radius 3 is 2.89 bits per heavy atom. The third-order valence-electron chi connectivity index (χ3n) is 2.11. The van der Waals surface area contributed by atoms with Gasteiger partial charge in [-0.05, 0) is 24.4 Å². The van der Waals surface area contributed by atoms with Crippen LogP contribution in [0.15, 0.2) is 39.5 Å². The van der Waals surface area contributed by atoms with Gasteiger partial charge < -0.3 is 0 Å². The predicted molar refractivity (Wildman–Crippen MR) is 68.9 cm³/mol. The average molecular weight is 262 g/mol. The molecule has 0 radical (unpaired) electrons. The summed E-state index contributed by atoms with van der Waals surface area (Å²) in [5.74, 6) is -0.470. The monoisotopic (exact) mass is 262 g/mol. The number of H-pyrrole nitrogens is 1. The van der Waals surface area contributed by atoms with Gasteiger partial charge in [0.2, 0.25) is 0 Å². The summed E-state index contributed by atoms with van der Waals surface area (Å²) in [6, 6.07) is 6.39. The Kier molecular flexibility index (Phi) is 3.63. The van der Waals surface area contributed by atoms with E-state index in [0.717, 1.165) is 4.88 Å². The Bertz CT molecular complexity index is 610. The summed E-state index contributed by atoms with van der Waals surface area (Å²) >= 11 is 1.54. The van der Waals surface area contributed by atoms with Gasteiger partial charge in [0.05, 0.1) is 5.71 Å². The van der Waals surface area contributed by atoms with Gasteiger partial charge in [0, 0.05) is 10.9 Å². The molecule has 0 saturated carbocycles. The molecule has 6 nitrogen and oxygen atoms in total. The quantitative estimate of drug-likeness (QED) is 0.638. The Morgan fingerprint density at radius 1 is 1.44 bits per heavy atom. The second-order valence-electron chi connectivity index (χ2n) is 3.42. The van der Waals surface area contributed by atoms with Crippen molar-refractivity contribution in [3.05, 3.63) is 50.6 Å². The van der Waals surface area contributed by atoms with Crippen molar-refractivity contribution in [2.45, 2.75) is 6.92 Å². The molecule has 0 bridgehead atoms. The van der Waals surface area contributed by atoms with Gasteiger partial charge in [-0.1, -0.05) is 6.07 Å². The molecule has 0 atom stereocenters. The highest BCUT2D eigenvalue weighted by atomic mass is 32.1. The van der Waals surface area contributed by atoms with Crippen molar-refractivity contribution in [2.24, 2.45) is 5.10 Å². The van der Waals surface area contributed by atoms with Crippen molar-refractivity contribution in [3.8, 4) is 0 Å². The summed E-state index contributed by atoms with van der Waals surface area (Å²) in [4.78, 5) is 23.4. The zero-order valence-electron chi connectivity index (χ0n) is 9.51. The van der Waals surface area contributed by atoms with E-state index in [0.29, 0.717) is 5.71 Å². The lowest BCUT2D eigenvalue weighted by molar-refractivity contribution is 0.0948. The molecule has 0 spiro atoms. The maximum absolute atomic E-state index is 11.6. The number of aromatic amines is 1. The molecule has 0 aromatic carbocycles. The minimum Gasteiger partial charge on any atom is -0.268 e. The van der Waals surface area contributed by atoms with Gasteiger partial charge in [0.25, 0.3) is 11.5 Å².